The van der Waals surface area contributed by atoms with E-state index in [1.54, 1.807) is 23.4 Å². The van der Waals surface area contributed by atoms with Gasteiger partial charge in [0.15, 0.2) is 0 Å². The van der Waals surface area contributed by atoms with Crippen molar-refractivity contribution < 1.29 is 9.90 Å². The Hall–Kier alpha value is -2.80. The molecule has 1 aliphatic heterocycles. The topological polar surface area (TPSA) is 84.1 Å². The van der Waals surface area contributed by atoms with Crippen molar-refractivity contribution in [1.29, 1.82) is 0 Å². The maximum absolute atomic E-state index is 13.2. The van der Waals surface area contributed by atoms with E-state index >= 15 is 0 Å². The Balaban J connectivity index is 1.38. The predicted octanol–water partition coefficient (Wildman–Crippen LogP) is 1.91. The van der Waals surface area contributed by atoms with E-state index in [4.69, 9.17) is 0 Å². The molecule has 1 saturated heterocycles. The number of aromatic nitrogens is 4. The number of nitrogens with zero attached hydrogens (tertiary/aromatic N) is 5. The summed E-state index contributed by atoms with van der Waals surface area (Å²) < 4.78 is 1.75. The lowest BCUT2D eigenvalue weighted by atomic mass is 9.77. The standard InChI is InChI=1S/C20H21N5O2/c26-19-6-15-10-24(9-14(15)5-18(19)25-12-22-11-23-25)20(27)17-8-21-7-13-3-1-2-4-16(13)17/h1-4,7-8,11-12,14-15,18-19,26H,5-6,9-10H2/t14-,15+,18-,19-/m1/s1. The molecular formula is C20H21N5O2. The van der Waals surface area contributed by atoms with Crippen molar-refractivity contribution in [3.63, 3.8) is 0 Å². The Kier molecular flexibility index (Phi) is 3.89. The van der Waals surface area contributed by atoms with Gasteiger partial charge in [-0.1, -0.05) is 24.3 Å². The monoisotopic (exact) mass is 363 g/mol. The molecule has 0 spiro atoms. The van der Waals surface area contributed by atoms with Crippen LogP contribution in [0.15, 0.2) is 49.3 Å². The van der Waals surface area contributed by atoms with Crippen molar-refractivity contribution in [2.24, 2.45) is 11.8 Å². The molecule has 2 aliphatic rings. The van der Waals surface area contributed by atoms with Crippen LogP contribution < -0.4 is 0 Å². The second kappa shape index (κ2) is 6.42. The average molecular weight is 363 g/mol. The van der Waals surface area contributed by atoms with E-state index in [0.717, 1.165) is 17.2 Å². The van der Waals surface area contributed by atoms with E-state index in [1.165, 1.54) is 6.33 Å². The molecule has 0 bridgehead atoms. The molecule has 1 N–H and O–H groups in total. The summed E-state index contributed by atoms with van der Waals surface area (Å²) in [5.74, 6) is 0.724. The number of hydrogen-bond donors (Lipinski definition) is 1. The molecule has 4 atom stereocenters. The van der Waals surface area contributed by atoms with Crippen LogP contribution in [0.5, 0.6) is 0 Å². The number of rotatable bonds is 2. The van der Waals surface area contributed by atoms with Crippen LogP contribution >= 0.6 is 0 Å². The van der Waals surface area contributed by atoms with E-state index < -0.39 is 6.10 Å². The van der Waals surface area contributed by atoms with Crippen molar-refractivity contribution in [2.45, 2.75) is 25.0 Å². The highest BCUT2D eigenvalue weighted by atomic mass is 16.3. The summed E-state index contributed by atoms with van der Waals surface area (Å²) in [6, 6.07) is 7.78. The van der Waals surface area contributed by atoms with E-state index in [2.05, 4.69) is 15.1 Å². The lowest BCUT2D eigenvalue weighted by molar-refractivity contribution is 0.0304. The Morgan fingerprint density at radius 2 is 1.89 bits per heavy atom. The molecule has 3 heterocycles. The Morgan fingerprint density at radius 1 is 1.07 bits per heavy atom. The van der Waals surface area contributed by atoms with Gasteiger partial charge in [0.25, 0.3) is 5.91 Å². The van der Waals surface area contributed by atoms with Crippen LogP contribution in [0.3, 0.4) is 0 Å². The summed E-state index contributed by atoms with van der Waals surface area (Å²) in [6.45, 7) is 1.40. The van der Waals surface area contributed by atoms with Gasteiger partial charge in [0.05, 0.1) is 17.7 Å². The van der Waals surface area contributed by atoms with Crippen LogP contribution in [0.1, 0.15) is 29.2 Å². The SMILES string of the molecule is O=C(c1cncc2ccccc12)N1C[C@H]2C[C@@H](n3cncn3)[C@H](O)C[C@H]2C1. The summed E-state index contributed by atoms with van der Waals surface area (Å²) in [5, 5.41) is 16.7. The number of carbonyl (C=O) groups excluding carboxylic acids is 1. The number of aliphatic hydroxyl groups excluding tert-OH is 1. The number of likely N-dealkylation sites (tertiary alicyclic amines) is 1. The number of benzene rings is 1. The minimum atomic E-state index is -0.456. The molecular weight excluding hydrogens is 342 g/mol. The van der Waals surface area contributed by atoms with Crippen LogP contribution in [-0.4, -0.2) is 54.9 Å². The first kappa shape index (κ1) is 16.4. The number of hydrogen-bond acceptors (Lipinski definition) is 5. The quantitative estimate of drug-likeness (QED) is 0.752. The van der Waals surface area contributed by atoms with Crippen molar-refractivity contribution in [3.8, 4) is 0 Å². The fourth-order valence-electron chi connectivity index (χ4n) is 4.70. The van der Waals surface area contributed by atoms with E-state index in [-0.39, 0.29) is 11.9 Å². The van der Waals surface area contributed by atoms with E-state index in [1.807, 2.05) is 29.2 Å². The van der Waals surface area contributed by atoms with Gasteiger partial charge in [-0.25, -0.2) is 9.67 Å². The molecule has 7 heteroatoms. The van der Waals surface area contributed by atoms with Gasteiger partial charge in [-0.05, 0) is 30.1 Å². The highest BCUT2D eigenvalue weighted by Crippen LogP contribution is 2.41. The zero-order chi connectivity index (χ0) is 18.4. The van der Waals surface area contributed by atoms with Gasteiger partial charge in [-0.2, -0.15) is 5.10 Å². The van der Waals surface area contributed by atoms with Gasteiger partial charge in [0.1, 0.15) is 12.7 Å². The van der Waals surface area contributed by atoms with Crippen LogP contribution in [-0.2, 0) is 0 Å². The summed E-state index contributed by atoms with van der Waals surface area (Å²) >= 11 is 0. The highest BCUT2D eigenvalue weighted by molar-refractivity contribution is 6.06. The largest absolute Gasteiger partial charge is 0.391 e. The Morgan fingerprint density at radius 3 is 2.70 bits per heavy atom. The molecule has 138 valence electrons. The molecule has 5 rings (SSSR count). The maximum atomic E-state index is 13.2. The maximum Gasteiger partial charge on any atom is 0.256 e. The molecule has 1 aromatic carbocycles. The van der Waals surface area contributed by atoms with Crippen LogP contribution in [0.4, 0.5) is 0 Å². The van der Waals surface area contributed by atoms with E-state index in [9.17, 15) is 9.90 Å². The van der Waals surface area contributed by atoms with Crippen molar-refractivity contribution in [1.82, 2.24) is 24.6 Å². The molecule has 27 heavy (non-hydrogen) atoms. The molecule has 1 aliphatic carbocycles. The Bertz CT molecular complexity index is 968. The summed E-state index contributed by atoms with van der Waals surface area (Å²) in [6.07, 6.45) is 7.65. The first-order valence-corrected chi connectivity index (χ1v) is 9.35. The minimum absolute atomic E-state index is 0.0282. The zero-order valence-electron chi connectivity index (χ0n) is 14.8. The fraction of sp³-hybridized carbons (Fsp3) is 0.400. The van der Waals surface area contributed by atoms with Crippen LogP contribution in [0, 0.1) is 11.8 Å². The van der Waals surface area contributed by atoms with Gasteiger partial charge in [-0.3, -0.25) is 9.78 Å². The molecule has 0 radical (unpaired) electrons. The summed E-state index contributed by atoms with van der Waals surface area (Å²) in [7, 11) is 0. The van der Waals surface area contributed by atoms with Gasteiger partial charge in [0, 0.05) is 30.9 Å². The lowest BCUT2D eigenvalue weighted by Crippen LogP contribution is -2.36. The molecule has 7 nitrogen and oxygen atoms in total. The number of amides is 1. The van der Waals surface area contributed by atoms with Gasteiger partial charge in [-0.15, -0.1) is 0 Å². The van der Waals surface area contributed by atoms with E-state index in [0.29, 0.717) is 36.9 Å². The third-order valence-corrected chi connectivity index (χ3v) is 6.07. The second-order valence-corrected chi connectivity index (χ2v) is 7.62. The number of pyridine rings is 1. The van der Waals surface area contributed by atoms with Crippen molar-refractivity contribution in [3.05, 3.63) is 54.9 Å². The Labute approximate surface area is 156 Å². The summed E-state index contributed by atoms with van der Waals surface area (Å²) in [4.78, 5) is 23.4. The fourth-order valence-corrected chi connectivity index (χ4v) is 4.70. The number of carbonyl (C=O) groups is 1. The zero-order valence-corrected chi connectivity index (χ0v) is 14.8. The average Bonchev–Trinajstić information content (AvgIpc) is 3.35. The lowest BCUT2D eigenvalue weighted by Gasteiger charge is -2.34. The molecule has 0 unspecified atom stereocenters. The minimum Gasteiger partial charge on any atom is -0.391 e. The first-order chi connectivity index (χ1) is 13.2. The normalized spacial score (nSPS) is 27.7. The third kappa shape index (κ3) is 2.78. The molecule has 1 amide bonds. The number of fused-ring (bicyclic) bond motifs is 2. The molecule has 1 saturated carbocycles. The smallest absolute Gasteiger partial charge is 0.256 e. The molecule has 2 fully saturated rings. The predicted molar refractivity (Wildman–Crippen MR) is 98.9 cm³/mol. The van der Waals surface area contributed by atoms with Gasteiger partial charge in [0.2, 0.25) is 0 Å². The third-order valence-electron chi connectivity index (χ3n) is 6.07. The highest BCUT2D eigenvalue weighted by Gasteiger charge is 2.44. The van der Waals surface area contributed by atoms with Crippen LogP contribution in [0.2, 0.25) is 0 Å². The van der Waals surface area contributed by atoms with Crippen LogP contribution in [0.25, 0.3) is 10.8 Å². The molecule has 3 aromatic rings. The van der Waals surface area contributed by atoms with Crippen molar-refractivity contribution in [2.75, 3.05) is 13.1 Å². The van der Waals surface area contributed by atoms with Gasteiger partial charge < -0.3 is 10.0 Å². The van der Waals surface area contributed by atoms with Gasteiger partial charge >= 0.3 is 0 Å². The van der Waals surface area contributed by atoms with Crippen molar-refractivity contribution >= 4 is 16.7 Å². The molecule has 2 aromatic heterocycles. The number of aliphatic hydroxyl groups is 1. The second-order valence-electron chi connectivity index (χ2n) is 7.62. The first-order valence-electron chi connectivity index (χ1n) is 9.35. The summed E-state index contributed by atoms with van der Waals surface area (Å²) in [5.41, 5.74) is 0.653.